The van der Waals surface area contributed by atoms with Crippen molar-refractivity contribution < 1.29 is 0 Å². The van der Waals surface area contributed by atoms with Crippen molar-refractivity contribution in [2.45, 2.75) is 62.7 Å². The molecule has 1 aliphatic carbocycles. The zero-order valence-electron chi connectivity index (χ0n) is 15.0. The van der Waals surface area contributed by atoms with E-state index in [9.17, 15) is 0 Å². The molecule has 5 heteroatoms. The monoisotopic (exact) mass is 328 g/mol. The molecule has 0 aromatic heterocycles. The Kier molecular flexibility index (Phi) is 10.8. The van der Waals surface area contributed by atoms with Gasteiger partial charge < -0.3 is 15.5 Å². The van der Waals surface area contributed by atoms with Crippen LogP contribution in [0.15, 0.2) is 4.99 Å². The minimum Gasteiger partial charge on any atom is -0.356 e. The first-order valence-corrected chi connectivity index (χ1v) is 10.1. The summed E-state index contributed by atoms with van der Waals surface area (Å²) in [5.74, 6) is 0.986. The molecule has 0 radical (unpaired) electrons. The molecule has 2 unspecified atom stereocenters. The lowest BCUT2D eigenvalue weighted by Gasteiger charge is -2.17. The molecule has 2 atom stereocenters. The standard InChI is InChI=1S/C17H36N4S/c1-18-17(20-15-10-11-16(14-15)22-4)19-12-8-6-5-7-9-13-21(2)3/h15-16H,5-14H2,1-4H3,(H2,18,19,20). The molecule has 0 bridgehead atoms. The molecule has 1 rings (SSSR count). The maximum atomic E-state index is 4.35. The Morgan fingerprint density at radius 2 is 1.86 bits per heavy atom. The largest absolute Gasteiger partial charge is 0.356 e. The van der Waals surface area contributed by atoms with Crippen molar-refractivity contribution in [3.8, 4) is 0 Å². The van der Waals surface area contributed by atoms with E-state index in [1.807, 2.05) is 18.8 Å². The second-order valence-electron chi connectivity index (χ2n) is 6.58. The molecule has 130 valence electrons. The number of aliphatic imine (C=N–C) groups is 1. The second-order valence-corrected chi connectivity index (χ2v) is 7.72. The summed E-state index contributed by atoms with van der Waals surface area (Å²) in [6, 6.07) is 0.606. The normalized spacial score (nSPS) is 22.3. The summed E-state index contributed by atoms with van der Waals surface area (Å²) in [6.07, 6.45) is 12.7. The third kappa shape index (κ3) is 8.89. The van der Waals surface area contributed by atoms with Crippen LogP contribution in [-0.2, 0) is 0 Å². The minimum absolute atomic E-state index is 0.606. The molecular formula is C17H36N4S. The first-order valence-electron chi connectivity index (χ1n) is 8.80. The van der Waals surface area contributed by atoms with Crippen molar-refractivity contribution in [2.24, 2.45) is 4.99 Å². The van der Waals surface area contributed by atoms with E-state index in [2.05, 4.69) is 40.9 Å². The van der Waals surface area contributed by atoms with Gasteiger partial charge in [-0.05, 0) is 59.0 Å². The number of rotatable bonds is 10. The minimum atomic E-state index is 0.606. The van der Waals surface area contributed by atoms with Crippen LogP contribution in [0.5, 0.6) is 0 Å². The Balaban J connectivity index is 2.00. The van der Waals surface area contributed by atoms with E-state index in [-0.39, 0.29) is 0 Å². The van der Waals surface area contributed by atoms with Crippen LogP contribution in [0.25, 0.3) is 0 Å². The number of unbranched alkanes of at least 4 members (excludes halogenated alkanes) is 4. The fourth-order valence-electron chi connectivity index (χ4n) is 2.96. The lowest BCUT2D eigenvalue weighted by atomic mass is 10.1. The summed E-state index contributed by atoms with van der Waals surface area (Å²) in [7, 11) is 6.17. The van der Waals surface area contributed by atoms with Gasteiger partial charge in [0.2, 0.25) is 0 Å². The number of hydrogen-bond acceptors (Lipinski definition) is 3. The van der Waals surface area contributed by atoms with Gasteiger partial charge in [-0.1, -0.05) is 19.3 Å². The smallest absolute Gasteiger partial charge is 0.191 e. The van der Waals surface area contributed by atoms with Gasteiger partial charge in [-0.3, -0.25) is 4.99 Å². The summed E-state index contributed by atoms with van der Waals surface area (Å²) < 4.78 is 0. The zero-order valence-corrected chi connectivity index (χ0v) is 15.8. The van der Waals surface area contributed by atoms with E-state index >= 15 is 0 Å². The Morgan fingerprint density at radius 1 is 1.14 bits per heavy atom. The number of guanidine groups is 1. The van der Waals surface area contributed by atoms with E-state index in [4.69, 9.17) is 0 Å². The van der Waals surface area contributed by atoms with Gasteiger partial charge in [0.15, 0.2) is 5.96 Å². The molecular weight excluding hydrogens is 292 g/mol. The predicted molar refractivity (Wildman–Crippen MR) is 101 cm³/mol. The maximum Gasteiger partial charge on any atom is 0.191 e. The Morgan fingerprint density at radius 3 is 2.50 bits per heavy atom. The lowest BCUT2D eigenvalue weighted by Crippen LogP contribution is -2.42. The van der Waals surface area contributed by atoms with Crippen LogP contribution in [0.1, 0.15) is 51.4 Å². The Bertz CT molecular complexity index is 307. The van der Waals surface area contributed by atoms with E-state index in [0.29, 0.717) is 6.04 Å². The first kappa shape index (κ1) is 19.6. The molecule has 0 spiro atoms. The van der Waals surface area contributed by atoms with Crippen LogP contribution >= 0.6 is 11.8 Å². The Hall–Kier alpha value is -0.420. The van der Waals surface area contributed by atoms with Crippen LogP contribution in [-0.4, -0.2) is 62.6 Å². The lowest BCUT2D eigenvalue weighted by molar-refractivity contribution is 0.389. The second kappa shape index (κ2) is 12.1. The highest BCUT2D eigenvalue weighted by molar-refractivity contribution is 7.99. The highest BCUT2D eigenvalue weighted by atomic mass is 32.2. The highest BCUT2D eigenvalue weighted by Gasteiger charge is 2.24. The summed E-state index contributed by atoms with van der Waals surface area (Å²) in [6.45, 7) is 2.25. The average Bonchev–Trinajstić information content (AvgIpc) is 2.96. The van der Waals surface area contributed by atoms with E-state index in [1.165, 1.54) is 57.9 Å². The third-order valence-electron chi connectivity index (χ3n) is 4.36. The highest BCUT2D eigenvalue weighted by Crippen LogP contribution is 2.27. The van der Waals surface area contributed by atoms with Crippen LogP contribution in [0.2, 0.25) is 0 Å². The topological polar surface area (TPSA) is 39.7 Å². The molecule has 0 aromatic carbocycles. The molecule has 0 amide bonds. The number of hydrogen-bond donors (Lipinski definition) is 2. The van der Waals surface area contributed by atoms with Crippen LogP contribution in [0.3, 0.4) is 0 Å². The van der Waals surface area contributed by atoms with Gasteiger partial charge in [-0.25, -0.2) is 0 Å². The van der Waals surface area contributed by atoms with Crippen LogP contribution < -0.4 is 10.6 Å². The van der Waals surface area contributed by atoms with E-state index in [0.717, 1.165) is 17.8 Å². The molecule has 22 heavy (non-hydrogen) atoms. The van der Waals surface area contributed by atoms with Crippen molar-refractivity contribution in [3.05, 3.63) is 0 Å². The van der Waals surface area contributed by atoms with Crippen molar-refractivity contribution in [3.63, 3.8) is 0 Å². The molecule has 1 fully saturated rings. The Labute approximate surface area is 141 Å². The average molecular weight is 329 g/mol. The van der Waals surface area contributed by atoms with E-state index in [1.54, 1.807) is 0 Å². The van der Waals surface area contributed by atoms with Crippen LogP contribution in [0.4, 0.5) is 0 Å². The summed E-state index contributed by atoms with van der Waals surface area (Å²) in [4.78, 5) is 6.62. The number of nitrogens with one attached hydrogen (secondary N) is 2. The molecule has 0 saturated heterocycles. The van der Waals surface area contributed by atoms with Gasteiger partial charge in [0.1, 0.15) is 0 Å². The van der Waals surface area contributed by atoms with Gasteiger partial charge >= 0.3 is 0 Å². The molecule has 2 N–H and O–H groups in total. The summed E-state index contributed by atoms with van der Waals surface area (Å²) in [5, 5.41) is 7.87. The molecule has 0 heterocycles. The fraction of sp³-hybridized carbons (Fsp3) is 0.941. The van der Waals surface area contributed by atoms with Crippen LogP contribution in [0, 0.1) is 0 Å². The zero-order chi connectivity index (χ0) is 16.2. The quantitative estimate of drug-likeness (QED) is 0.367. The summed E-state index contributed by atoms with van der Waals surface area (Å²) in [5.41, 5.74) is 0. The van der Waals surface area contributed by atoms with Crippen molar-refractivity contribution in [1.29, 1.82) is 0 Å². The molecule has 0 aliphatic heterocycles. The van der Waals surface area contributed by atoms with Gasteiger partial charge in [-0.2, -0.15) is 11.8 Å². The third-order valence-corrected chi connectivity index (χ3v) is 5.45. The molecule has 1 saturated carbocycles. The van der Waals surface area contributed by atoms with Crippen molar-refractivity contribution in [1.82, 2.24) is 15.5 Å². The molecule has 0 aromatic rings. The van der Waals surface area contributed by atoms with Gasteiger partial charge in [-0.15, -0.1) is 0 Å². The van der Waals surface area contributed by atoms with Crippen molar-refractivity contribution in [2.75, 3.05) is 40.5 Å². The SMILES string of the molecule is CN=C(NCCCCCCCN(C)C)NC1CCC(SC)C1. The summed E-state index contributed by atoms with van der Waals surface area (Å²) >= 11 is 2.00. The maximum absolute atomic E-state index is 4.35. The van der Waals surface area contributed by atoms with Gasteiger partial charge in [0, 0.05) is 24.9 Å². The number of nitrogens with zero attached hydrogens (tertiary/aromatic N) is 2. The van der Waals surface area contributed by atoms with Gasteiger partial charge in [0.25, 0.3) is 0 Å². The van der Waals surface area contributed by atoms with Crippen molar-refractivity contribution >= 4 is 17.7 Å². The van der Waals surface area contributed by atoms with E-state index < -0.39 is 0 Å². The van der Waals surface area contributed by atoms with Gasteiger partial charge in [0.05, 0.1) is 0 Å². The first-order chi connectivity index (χ1) is 10.7. The predicted octanol–water partition coefficient (Wildman–Crippen LogP) is 2.95. The fourth-order valence-corrected chi connectivity index (χ4v) is 3.76. The molecule has 1 aliphatic rings. The number of thioether (sulfide) groups is 1. The molecule has 4 nitrogen and oxygen atoms in total.